The average Bonchev–Trinajstić information content (AvgIpc) is 2.49. The maximum absolute atomic E-state index is 6.02. The highest BCUT2D eigenvalue weighted by molar-refractivity contribution is 6.30. The molecule has 21 heavy (non-hydrogen) atoms. The third-order valence-corrected chi connectivity index (χ3v) is 4.09. The van der Waals surface area contributed by atoms with E-state index in [1.165, 1.54) is 16.3 Å². The molecule has 1 nitrogen and oxygen atoms in total. The zero-order valence-corrected chi connectivity index (χ0v) is 13.0. The summed E-state index contributed by atoms with van der Waals surface area (Å²) in [5.41, 5.74) is 3.59. The Kier molecular flexibility index (Phi) is 3.85. The minimum atomic E-state index is 0.232. The summed E-state index contributed by atoms with van der Waals surface area (Å²) < 4.78 is 0. The van der Waals surface area contributed by atoms with E-state index in [0.717, 1.165) is 16.3 Å². The SMILES string of the molecule is Cc1cc(Cl)ccc1NC(C)c1cccc2ccccc12. The van der Waals surface area contributed by atoms with Gasteiger partial charge in [-0.2, -0.15) is 0 Å². The molecule has 1 unspecified atom stereocenters. The molecule has 1 atom stereocenters. The molecule has 0 radical (unpaired) electrons. The van der Waals surface area contributed by atoms with Gasteiger partial charge in [0.1, 0.15) is 0 Å². The molecule has 0 saturated heterocycles. The number of hydrogen-bond donors (Lipinski definition) is 1. The Morgan fingerprint density at radius 2 is 1.71 bits per heavy atom. The molecule has 1 N–H and O–H groups in total. The van der Waals surface area contributed by atoms with Gasteiger partial charge >= 0.3 is 0 Å². The van der Waals surface area contributed by atoms with Crippen molar-refractivity contribution in [2.75, 3.05) is 5.32 Å². The van der Waals surface area contributed by atoms with Crippen molar-refractivity contribution in [3.8, 4) is 0 Å². The number of anilines is 1. The standard InChI is InChI=1S/C19H18ClN/c1-13-12-16(20)10-11-19(13)21-14(2)17-9-5-7-15-6-3-4-8-18(15)17/h3-12,14,21H,1-2H3. The van der Waals surface area contributed by atoms with Crippen LogP contribution in [0.4, 0.5) is 5.69 Å². The van der Waals surface area contributed by atoms with E-state index >= 15 is 0 Å². The van der Waals surface area contributed by atoms with E-state index in [1.807, 2.05) is 18.2 Å². The first kappa shape index (κ1) is 14.0. The molecule has 0 fully saturated rings. The predicted octanol–water partition coefficient (Wildman–Crippen LogP) is 5.97. The molecule has 0 saturated carbocycles. The van der Waals surface area contributed by atoms with Gasteiger partial charge in [0.2, 0.25) is 0 Å². The van der Waals surface area contributed by atoms with E-state index in [2.05, 4.69) is 61.6 Å². The molecule has 0 aromatic heterocycles. The number of halogens is 1. The summed E-state index contributed by atoms with van der Waals surface area (Å²) in [6.07, 6.45) is 0. The van der Waals surface area contributed by atoms with Crippen LogP contribution in [0.5, 0.6) is 0 Å². The summed E-state index contributed by atoms with van der Waals surface area (Å²) in [5, 5.41) is 6.93. The van der Waals surface area contributed by atoms with E-state index in [9.17, 15) is 0 Å². The number of benzene rings is 3. The van der Waals surface area contributed by atoms with Gasteiger partial charge in [0.05, 0.1) is 0 Å². The topological polar surface area (TPSA) is 12.0 Å². The summed E-state index contributed by atoms with van der Waals surface area (Å²) in [6, 6.07) is 21.1. The second-order valence-electron chi connectivity index (χ2n) is 5.39. The van der Waals surface area contributed by atoms with E-state index in [4.69, 9.17) is 11.6 Å². The average molecular weight is 296 g/mol. The van der Waals surface area contributed by atoms with Crippen LogP contribution < -0.4 is 5.32 Å². The normalized spacial score (nSPS) is 12.3. The van der Waals surface area contributed by atoms with Crippen LogP contribution in [0.1, 0.15) is 24.1 Å². The van der Waals surface area contributed by atoms with Crippen LogP contribution in [0.25, 0.3) is 10.8 Å². The van der Waals surface area contributed by atoms with E-state index < -0.39 is 0 Å². The Morgan fingerprint density at radius 1 is 0.952 bits per heavy atom. The fraction of sp³-hybridized carbons (Fsp3) is 0.158. The van der Waals surface area contributed by atoms with Gasteiger partial charge < -0.3 is 5.32 Å². The maximum Gasteiger partial charge on any atom is 0.0491 e. The third-order valence-electron chi connectivity index (χ3n) is 3.85. The lowest BCUT2D eigenvalue weighted by atomic mass is 9.99. The van der Waals surface area contributed by atoms with Gasteiger partial charge in [0.25, 0.3) is 0 Å². The van der Waals surface area contributed by atoms with Gasteiger partial charge in [0, 0.05) is 16.8 Å². The Balaban J connectivity index is 1.95. The van der Waals surface area contributed by atoms with Crippen molar-refractivity contribution in [3.63, 3.8) is 0 Å². The fourth-order valence-corrected chi connectivity index (χ4v) is 2.95. The molecule has 2 heteroatoms. The molecule has 0 aliphatic carbocycles. The van der Waals surface area contributed by atoms with Crippen LogP contribution in [0.3, 0.4) is 0 Å². The molecule has 0 amide bonds. The first-order chi connectivity index (χ1) is 10.1. The number of aryl methyl sites for hydroxylation is 1. The number of rotatable bonds is 3. The Hall–Kier alpha value is -1.99. The van der Waals surface area contributed by atoms with Gasteiger partial charge in [-0.3, -0.25) is 0 Å². The molecule has 0 aliphatic heterocycles. The predicted molar refractivity (Wildman–Crippen MR) is 92.2 cm³/mol. The minimum Gasteiger partial charge on any atom is -0.378 e. The van der Waals surface area contributed by atoms with Crippen LogP contribution in [0.15, 0.2) is 60.7 Å². The highest BCUT2D eigenvalue weighted by Gasteiger charge is 2.10. The van der Waals surface area contributed by atoms with Crippen molar-refractivity contribution >= 4 is 28.1 Å². The molecular formula is C19H18ClN. The third kappa shape index (κ3) is 2.88. The second kappa shape index (κ2) is 5.79. The minimum absolute atomic E-state index is 0.232. The molecular weight excluding hydrogens is 278 g/mol. The van der Waals surface area contributed by atoms with Crippen molar-refractivity contribution in [2.45, 2.75) is 19.9 Å². The molecule has 0 heterocycles. The lowest BCUT2D eigenvalue weighted by Gasteiger charge is -2.19. The second-order valence-corrected chi connectivity index (χ2v) is 5.83. The van der Waals surface area contributed by atoms with Crippen molar-refractivity contribution in [2.24, 2.45) is 0 Å². The Morgan fingerprint density at radius 3 is 2.52 bits per heavy atom. The molecule has 106 valence electrons. The summed E-state index contributed by atoms with van der Waals surface area (Å²) in [5.74, 6) is 0. The van der Waals surface area contributed by atoms with Crippen molar-refractivity contribution in [1.82, 2.24) is 0 Å². The maximum atomic E-state index is 6.02. The van der Waals surface area contributed by atoms with Crippen LogP contribution in [-0.4, -0.2) is 0 Å². The van der Waals surface area contributed by atoms with Gasteiger partial charge in [0.15, 0.2) is 0 Å². The van der Waals surface area contributed by atoms with E-state index in [1.54, 1.807) is 0 Å². The van der Waals surface area contributed by atoms with Gasteiger partial charge in [-0.25, -0.2) is 0 Å². The summed E-state index contributed by atoms with van der Waals surface area (Å²) in [6.45, 7) is 4.26. The van der Waals surface area contributed by atoms with Crippen LogP contribution in [0.2, 0.25) is 5.02 Å². The molecule has 3 aromatic carbocycles. The van der Waals surface area contributed by atoms with Crippen LogP contribution >= 0.6 is 11.6 Å². The number of hydrogen-bond acceptors (Lipinski definition) is 1. The monoisotopic (exact) mass is 295 g/mol. The van der Waals surface area contributed by atoms with Crippen LogP contribution in [-0.2, 0) is 0 Å². The summed E-state index contributed by atoms with van der Waals surface area (Å²) in [4.78, 5) is 0. The molecule has 3 aromatic rings. The zero-order chi connectivity index (χ0) is 14.8. The first-order valence-electron chi connectivity index (χ1n) is 7.15. The first-order valence-corrected chi connectivity index (χ1v) is 7.53. The number of fused-ring (bicyclic) bond motifs is 1. The van der Waals surface area contributed by atoms with Crippen molar-refractivity contribution in [1.29, 1.82) is 0 Å². The van der Waals surface area contributed by atoms with Gasteiger partial charge in [-0.1, -0.05) is 54.1 Å². The highest BCUT2D eigenvalue weighted by atomic mass is 35.5. The summed E-state index contributed by atoms with van der Waals surface area (Å²) in [7, 11) is 0. The highest BCUT2D eigenvalue weighted by Crippen LogP contribution is 2.28. The van der Waals surface area contributed by atoms with Gasteiger partial charge in [-0.15, -0.1) is 0 Å². The molecule has 0 aliphatic rings. The largest absolute Gasteiger partial charge is 0.378 e. The molecule has 0 bridgehead atoms. The van der Waals surface area contributed by atoms with Crippen molar-refractivity contribution in [3.05, 3.63) is 76.8 Å². The smallest absolute Gasteiger partial charge is 0.0491 e. The van der Waals surface area contributed by atoms with E-state index in [-0.39, 0.29) is 6.04 Å². The molecule has 0 spiro atoms. The number of nitrogens with one attached hydrogen (secondary N) is 1. The summed E-state index contributed by atoms with van der Waals surface area (Å²) >= 11 is 6.02. The van der Waals surface area contributed by atoms with Crippen molar-refractivity contribution < 1.29 is 0 Å². The molecule has 3 rings (SSSR count). The lowest BCUT2D eigenvalue weighted by molar-refractivity contribution is 0.892. The lowest BCUT2D eigenvalue weighted by Crippen LogP contribution is -2.08. The van der Waals surface area contributed by atoms with E-state index in [0.29, 0.717) is 0 Å². The fourth-order valence-electron chi connectivity index (χ4n) is 2.73. The zero-order valence-electron chi connectivity index (χ0n) is 12.2. The van der Waals surface area contributed by atoms with Gasteiger partial charge in [-0.05, 0) is 53.9 Å². The van der Waals surface area contributed by atoms with Crippen LogP contribution in [0, 0.1) is 6.92 Å². The Labute approximate surface area is 130 Å². The quantitative estimate of drug-likeness (QED) is 0.627. The Bertz CT molecular complexity index is 774.